The Balaban J connectivity index is 4.25. The van der Waals surface area contributed by atoms with Crippen molar-refractivity contribution < 1.29 is 28.6 Å². The molecule has 0 aromatic rings. The molecule has 0 bridgehead atoms. The van der Waals surface area contributed by atoms with Gasteiger partial charge in [-0.25, -0.2) is 0 Å². The zero-order valence-corrected chi connectivity index (χ0v) is 36.5. The summed E-state index contributed by atoms with van der Waals surface area (Å²) in [7, 11) is 0. The summed E-state index contributed by atoms with van der Waals surface area (Å²) < 4.78 is 16.7. The first-order valence-corrected chi connectivity index (χ1v) is 24.0. The first kappa shape index (κ1) is 52.4. The fourth-order valence-corrected chi connectivity index (χ4v) is 7.21. The van der Waals surface area contributed by atoms with E-state index >= 15 is 0 Å². The third kappa shape index (κ3) is 41.6. The van der Waals surface area contributed by atoms with E-state index in [9.17, 15) is 14.4 Å². The molecule has 0 radical (unpaired) electrons. The number of unbranched alkanes of at least 4 members (excludes halogenated alkanes) is 33. The molecule has 0 saturated carbocycles. The van der Waals surface area contributed by atoms with Crippen molar-refractivity contribution in [1.29, 1.82) is 0 Å². The van der Waals surface area contributed by atoms with E-state index in [2.05, 4.69) is 20.8 Å². The maximum absolute atomic E-state index is 12.7. The molecular formula is C48H92O6. The van der Waals surface area contributed by atoms with Gasteiger partial charge >= 0.3 is 17.9 Å². The Morgan fingerprint density at radius 2 is 0.500 bits per heavy atom. The van der Waals surface area contributed by atoms with E-state index in [0.717, 1.165) is 57.8 Å². The maximum Gasteiger partial charge on any atom is 0.306 e. The van der Waals surface area contributed by atoms with E-state index in [1.807, 2.05) is 0 Å². The van der Waals surface area contributed by atoms with Crippen LogP contribution in [-0.2, 0) is 28.6 Å². The van der Waals surface area contributed by atoms with Gasteiger partial charge in [-0.15, -0.1) is 0 Å². The molecule has 1 atom stereocenters. The highest BCUT2D eigenvalue weighted by Crippen LogP contribution is 2.16. The highest BCUT2D eigenvalue weighted by Gasteiger charge is 2.19. The lowest BCUT2D eigenvalue weighted by atomic mass is 10.0. The standard InChI is InChI=1S/C48H92O6/c1-4-7-10-13-16-19-21-22-23-24-25-27-29-32-35-38-41-47(50)53-44-45(43-52-46(49)40-37-34-31-28-18-15-12-9-6-3)54-48(51)42-39-36-33-30-26-20-17-14-11-8-5-2/h45H,4-44H2,1-3H3. The van der Waals surface area contributed by atoms with Gasteiger partial charge in [-0.2, -0.15) is 0 Å². The lowest BCUT2D eigenvalue weighted by Gasteiger charge is -2.18. The zero-order chi connectivity index (χ0) is 39.4. The largest absolute Gasteiger partial charge is 0.462 e. The van der Waals surface area contributed by atoms with E-state index in [-0.39, 0.29) is 31.1 Å². The number of esters is 3. The van der Waals surface area contributed by atoms with E-state index in [0.29, 0.717) is 19.3 Å². The Labute approximate surface area is 336 Å². The molecule has 0 aliphatic heterocycles. The smallest absolute Gasteiger partial charge is 0.306 e. The lowest BCUT2D eigenvalue weighted by molar-refractivity contribution is -0.167. The van der Waals surface area contributed by atoms with Crippen molar-refractivity contribution in [2.75, 3.05) is 13.2 Å². The van der Waals surface area contributed by atoms with E-state index in [4.69, 9.17) is 14.2 Å². The molecule has 0 aromatic carbocycles. The quantitative estimate of drug-likeness (QED) is 0.0349. The van der Waals surface area contributed by atoms with Crippen LogP contribution in [0.2, 0.25) is 0 Å². The van der Waals surface area contributed by atoms with Crippen molar-refractivity contribution in [1.82, 2.24) is 0 Å². The Bertz CT molecular complexity index is 798. The molecule has 0 fully saturated rings. The van der Waals surface area contributed by atoms with Crippen LogP contribution in [0.15, 0.2) is 0 Å². The molecule has 6 heteroatoms. The van der Waals surface area contributed by atoms with Crippen molar-refractivity contribution in [2.45, 2.75) is 277 Å². The normalized spacial score (nSPS) is 11.8. The summed E-state index contributed by atoms with van der Waals surface area (Å²) in [4.78, 5) is 37.7. The van der Waals surface area contributed by atoms with Gasteiger partial charge < -0.3 is 14.2 Å². The molecule has 0 saturated heterocycles. The van der Waals surface area contributed by atoms with Gasteiger partial charge in [0.15, 0.2) is 6.10 Å². The number of ether oxygens (including phenoxy) is 3. The van der Waals surface area contributed by atoms with E-state index in [1.165, 1.54) is 173 Å². The summed E-state index contributed by atoms with van der Waals surface area (Å²) in [6.45, 7) is 6.64. The van der Waals surface area contributed by atoms with Crippen LogP contribution in [0.1, 0.15) is 271 Å². The molecule has 0 aliphatic carbocycles. The van der Waals surface area contributed by atoms with Crippen molar-refractivity contribution in [3.63, 3.8) is 0 Å². The van der Waals surface area contributed by atoms with Crippen molar-refractivity contribution in [3.05, 3.63) is 0 Å². The first-order chi connectivity index (χ1) is 26.5. The predicted molar refractivity (Wildman–Crippen MR) is 229 cm³/mol. The molecule has 0 heterocycles. The summed E-state index contributed by atoms with van der Waals surface area (Å²) in [5.41, 5.74) is 0. The van der Waals surface area contributed by atoms with Crippen LogP contribution in [0.25, 0.3) is 0 Å². The molecule has 0 aliphatic rings. The van der Waals surface area contributed by atoms with Crippen LogP contribution < -0.4 is 0 Å². The maximum atomic E-state index is 12.7. The summed E-state index contributed by atoms with van der Waals surface area (Å²) in [6.07, 6.45) is 45.1. The van der Waals surface area contributed by atoms with Gasteiger partial charge in [-0.05, 0) is 19.3 Å². The van der Waals surface area contributed by atoms with Gasteiger partial charge in [0, 0.05) is 19.3 Å². The minimum Gasteiger partial charge on any atom is -0.462 e. The third-order valence-electron chi connectivity index (χ3n) is 10.9. The fraction of sp³-hybridized carbons (Fsp3) is 0.938. The highest BCUT2D eigenvalue weighted by atomic mass is 16.6. The molecule has 0 aromatic heterocycles. The van der Waals surface area contributed by atoms with Crippen LogP contribution in [0, 0.1) is 0 Å². The topological polar surface area (TPSA) is 78.9 Å². The molecule has 6 nitrogen and oxygen atoms in total. The van der Waals surface area contributed by atoms with Gasteiger partial charge in [0.1, 0.15) is 13.2 Å². The zero-order valence-electron chi connectivity index (χ0n) is 36.5. The average molecular weight is 765 g/mol. The molecule has 54 heavy (non-hydrogen) atoms. The van der Waals surface area contributed by atoms with Gasteiger partial charge in [0.2, 0.25) is 0 Å². The predicted octanol–water partition coefficient (Wildman–Crippen LogP) is 15.3. The second-order valence-corrected chi connectivity index (χ2v) is 16.4. The molecule has 1 unspecified atom stereocenters. The Morgan fingerprint density at radius 1 is 0.296 bits per heavy atom. The molecule has 0 spiro atoms. The van der Waals surface area contributed by atoms with Crippen LogP contribution >= 0.6 is 0 Å². The number of hydrogen-bond acceptors (Lipinski definition) is 6. The summed E-state index contributed by atoms with van der Waals surface area (Å²) in [6, 6.07) is 0. The average Bonchev–Trinajstić information content (AvgIpc) is 3.17. The number of rotatable bonds is 44. The molecular weight excluding hydrogens is 673 g/mol. The van der Waals surface area contributed by atoms with Crippen LogP contribution in [0.4, 0.5) is 0 Å². The first-order valence-electron chi connectivity index (χ1n) is 24.0. The van der Waals surface area contributed by atoms with Gasteiger partial charge in [-0.1, -0.05) is 233 Å². The van der Waals surface area contributed by atoms with E-state index < -0.39 is 6.10 Å². The molecule has 320 valence electrons. The van der Waals surface area contributed by atoms with Crippen molar-refractivity contribution in [2.24, 2.45) is 0 Å². The SMILES string of the molecule is CCCCCCCCCCCCCCCCCCC(=O)OCC(COC(=O)CCCCCCCCCCC)OC(=O)CCCCCCCCCCCCC. The Hall–Kier alpha value is -1.59. The fourth-order valence-electron chi connectivity index (χ4n) is 7.21. The number of carbonyl (C=O) groups excluding carboxylic acids is 3. The molecule has 0 N–H and O–H groups in total. The summed E-state index contributed by atoms with van der Waals surface area (Å²) in [5.74, 6) is -0.851. The molecule has 0 amide bonds. The van der Waals surface area contributed by atoms with Gasteiger partial charge in [-0.3, -0.25) is 14.4 Å². The van der Waals surface area contributed by atoms with Crippen LogP contribution in [-0.4, -0.2) is 37.2 Å². The van der Waals surface area contributed by atoms with Gasteiger partial charge in [0.05, 0.1) is 0 Å². The minimum atomic E-state index is -0.757. The summed E-state index contributed by atoms with van der Waals surface area (Å²) >= 11 is 0. The third-order valence-corrected chi connectivity index (χ3v) is 10.9. The monoisotopic (exact) mass is 765 g/mol. The second-order valence-electron chi connectivity index (χ2n) is 16.4. The molecule has 0 rings (SSSR count). The summed E-state index contributed by atoms with van der Waals surface area (Å²) in [5, 5.41) is 0. The lowest BCUT2D eigenvalue weighted by Crippen LogP contribution is -2.30. The van der Waals surface area contributed by atoms with Crippen molar-refractivity contribution in [3.8, 4) is 0 Å². The van der Waals surface area contributed by atoms with E-state index in [1.54, 1.807) is 0 Å². The number of hydrogen-bond donors (Lipinski definition) is 0. The highest BCUT2D eigenvalue weighted by molar-refractivity contribution is 5.71. The van der Waals surface area contributed by atoms with Crippen LogP contribution in [0.3, 0.4) is 0 Å². The van der Waals surface area contributed by atoms with Crippen molar-refractivity contribution >= 4 is 17.9 Å². The van der Waals surface area contributed by atoms with Crippen LogP contribution in [0.5, 0.6) is 0 Å². The Morgan fingerprint density at radius 3 is 0.741 bits per heavy atom. The number of carbonyl (C=O) groups is 3. The Kier molecular flexibility index (Phi) is 42.8. The minimum absolute atomic E-state index is 0.0625. The second kappa shape index (κ2) is 44.1. The van der Waals surface area contributed by atoms with Gasteiger partial charge in [0.25, 0.3) is 0 Å².